The van der Waals surface area contributed by atoms with E-state index in [1.807, 2.05) is 0 Å². The van der Waals surface area contributed by atoms with Crippen LogP contribution < -0.4 is 0 Å². The first-order valence-corrected chi connectivity index (χ1v) is 8.23. The molecule has 0 radical (unpaired) electrons. The van der Waals surface area contributed by atoms with E-state index in [-0.39, 0.29) is 0 Å². The van der Waals surface area contributed by atoms with Gasteiger partial charge in [0, 0.05) is 21.0 Å². The lowest BCUT2D eigenvalue weighted by molar-refractivity contribution is 1.37. The van der Waals surface area contributed by atoms with Crippen molar-refractivity contribution in [3.8, 4) is 0 Å². The van der Waals surface area contributed by atoms with Gasteiger partial charge in [-0.3, -0.25) is 0 Å². The molecule has 0 spiro atoms. The maximum atomic E-state index is 4.99. The summed E-state index contributed by atoms with van der Waals surface area (Å²) in [7, 11) is 0. The second-order valence-electron chi connectivity index (χ2n) is 6.09. The Hall–Kier alpha value is -1.93. The van der Waals surface area contributed by atoms with Gasteiger partial charge in [0.25, 0.3) is 0 Å². The number of halogens is 1. The summed E-state index contributed by atoms with van der Waals surface area (Å²) in [4.78, 5) is 4.99. The lowest BCUT2D eigenvalue weighted by Gasteiger charge is -2.08. The minimum absolute atomic E-state index is 1.09. The quantitative estimate of drug-likeness (QED) is 0.399. The van der Waals surface area contributed by atoms with Crippen LogP contribution >= 0.6 is 15.9 Å². The molecule has 0 atom stereocenters. The number of hydrogen-bond acceptors (Lipinski definition) is 1. The Morgan fingerprint density at radius 2 is 1.64 bits per heavy atom. The summed E-state index contributed by atoms with van der Waals surface area (Å²) >= 11 is 3.69. The van der Waals surface area contributed by atoms with Crippen molar-refractivity contribution in [1.29, 1.82) is 0 Å². The first-order valence-electron chi connectivity index (χ1n) is 7.44. The highest BCUT2D eigenvalue weighted by Gasteiger charge is 2.22. The largest absolute Gasteiger partial charge is 0.247 e. The third-order valence-electron chi connectivity index (χ3n) is 4.25. The van der Waals surface area contributed by atoms with Gasteiger partial charge in [-0.2, -0.15) is 0 Å². The van der Waals surface area contributed by atoms with Crippen LogP contribution in [0.3, 0.4) is 0 Å². The van der Waals surface area contributed by atoms with Crippen LogP contribution in [0.1, 0.15) is 27.8 Å². The van der Waals surface area contributed by atoms with Gasteiger partial charge in [0.05, 0.1) is 11.4 Å². The molecule has 1 aliphatic heterocycles. The molecule has 108 valence electrons. The van der Waals surface area contributed by atoms with E-state index in [0.717, 1.165) is 15.9 Å². The van der Waals surface area contributed by atoms with Gasteiger partial charge in [-0.1, -0.05) is 51.3 Å². The Labute approximate surface area is 138 Å². The first kappa shape index (κ1) is 13.7. The zero-order valence-corrected chi connectivity index (χ0v) is 14.5. The summed E-state index contributed by atoms with van der Waals surface area (Å²) in [5, 5.41) is 2.50. The molecule has 0 N–H and O–H groups in total. The van der Waals surface area contributed by atoms with Crippen LogP contribution in [0.25, 0.3) is 10.8 Å². The van der Waals surface area contributed by atoms with E-state index in [4.69, 9.17) is 4.99 Å². The van der Waals surface area contributed by atoms with Gasteiger partial charge < -0.3 is 0 Å². The number of aliphatic imine (C=N–C) groups is 1. The first-order chi connectivity index (χ1) is 10.5. The topological polar surface area (TPSA) is 12.4 Å². The summed E-state index contributed by atoms with van der Waals surface area (Å²) in [5.41, 5.74) is 8.42. The maximum absolute atomic E-state index is 4.99. The van der Waals surface area contributed by atoms with Gasteiger partial charge in [-0.05, 0) is 49.9 Å². The number of benzene rings is 3. The predicted molar refractivity (Wildman–Crippen MR) is 97.6 cm³/mol. The van der Waals surface area contributed by atoms with Gasteiger partial charge in [0.15, 0.2) is 0 Å². The fourth-order valence-corrected chi connectivity index (χ4v) is 4.06. The molecule has 0 saturated heterocycles. The second-order valence-corrected chi connectivity index (χ2v) is 6.94. The van der Waals surface area contributed by atoms with Crippen LogP contribution in [0.4, 0.5) is 5.69 Å². The van der Waals surface area contributed by atoms with Crippen molar-refractivity contribution >= 4 is 38.1 Å². The number of hydrogen-bond donors (Lipinski definition) is 0. The van der Waals surface area contributed by atoms with Crippen molar-refractivity contribution in [1.82, 2.24) is 0 Å². The fourth-order valence-electron chi connectivity index (χ4n) is 3.38. The zero-order chi connectivity index (χ0) is 15.4. The average molecular weight is 350 g/mol. The Bertz CT molecular complexity index is 947. The average Bonchev–Trinajstić information content (AvgIpc) is 2.85. The van der Waals surface area contributed by atoms with Gasteiger partial charge in [0.2, 0.25) is 0 Å². The van der Waals surface area contributed by atoms with Crippen molar-refractivity contribution in [3.05, 3.63) is 74.8 Å². The standard InChI is InChI=1S/C20H16BrN/c1-11-7-12(2)9-14(8-11)20-16-6-4-5-15-17(21)10-13(3)19(22-20)18(15)16/h4-10H,1-3H3. The number of aryl methyl sites for hydroxylation is 3. The van der Waals surface area contributed by atoms with E-state index in [1.165, 1.54) is 38.6 Å². The molecule has 0 bridgehead atoms. The van der Waals surface area contributed by atoms with Gasteiger partial charge in [-0.25, -0.2) is 4.99 Å². The summed E-state index contributed by atoms with van der Waals surface area (Å²) in [5.74, 6) is 0. The van der Waals surface area contributed by atoms with Crippen molar-refractivity contribution in [3.63, 3.8) is 0 Å². The molecule has 3 aromatic rings. The molecule has 0 fully saturated rings. The van der Waals surface area contributed by atoms with Crippen LogP contribution in [0.5, 0.6) is 0 Å². The van der Waals surface area contributed by atoms with E-state index in [2.05, 4.69) is 79.2 Å². The van der Waals surface area contributed by atoms with Gasteiger partial charge >= 0.3 is 0 Å². The third-order valence-corrected chi connectivity index (χ3v) is 4.91. The molecule has 0 unspecified atom stereocenters. The van der Waals surface area contributed by atoms with Crippen LogP contribution in [0, 0.1) is 20.8 Å². The smallest absolute Gasteiger partial charge is 0.0789 e. The van der Waals surface area contributed by atoms with Crippen molar-refractivity contribution in [2.45, 2.75) is 20.8 Å². The van der Waals surface area contributed by atoms with Crippen molar-refractivity contribution in [2.24, 2.45) is 4.99 Å². The van der Waals surface area contributed by atoms with E-state index in [1.54, 1.807) is 0 Å². The zero-order valence-electron chi connectivity index (χ0n) is 12.9. The Balaban J connectivity index is 2.05. The highest BCUT2D eigenvalue weighted by molar-refractivity contribution is 9.10. The predicted octanol–water partition coefficient (Wildman–Crippen LogP) is 6.01. The lowest BCUT2D eigenvalue weighted by atomic mass is 9.95. The fraction of sp³-hybridized carbons (Fsp3) is 0.150. The summed E-state index contributed by atoms with van der Waals surface area (Å²) in [6, 6.07) is 15.3. The highest BCUT2D eigenvalue weighted by Crippen LogP contribution is 2.42. The Morgan fingerprint density at radius 1 is 0.909 bits per heavy atom. The van der Waals surface area contributed by atoms with Crippen LogP contribution in [-0.2, 0) is 0 Å². The molecule has 4 rings (SSSR count). The molecule has 1 aliphatic rings. The van der Waals surface area contributed by atoms with Crippen LogP contribution in [0.15, 0.2) is 51.9 Å². The Morgan fingerprint density at radius 3 is 2.36 bits per heavy atom. The van der Waals surface area contributed by atoms with E-state index >= 15 is 0 Å². The molecule has 22 heavy (non-hydrogen) atoms. The van der Waals surface area contributed by atoms with Crippen LogP contribution in [0.2, 0.25) is 0 Å². The molecular formula is C20H16BrN. The molecule has 1 nitrogen and oxygen atoms in total. The van der Waals surface area contributed by atoms with Gasteiger partial charge in [0.1, 0.15) is 0 Å². The minimum atomic E-state index is 1.09. The number of nitrogens with zero attached hydrogens (tertiary/aromatic N) is 1. The SMILES string of the molecule is Cc1cc(C)cc(C2=Nc3c(C)cc(Br)c4cccc2c34)c1. The molecule has 1 heterocycles. The normalized spacial score (nSPS) is 12.8. The molecule has 0 aromatic heterocycles. The third kappa shape index (κ3) is 1.94. The monoisotopic (exact) mass is 349 g/mol. The second kappa shape index (κ2) is 4.79. The summed E-state index contributed by atoms with van der Waals surface area (Å²) < 4.78 is 1.14. The Kier molecular flexibility index (Phi) is 2.98. The molecule has 2 heteroatoms. The van der Waals surface area contributed by atoms with Gasteiger partial charge in [-0.15, -0.1) is 0 Å². The van der Waals surface area contributed by atoms with Crippen molar-refractivity contribution < 1.29 is 0 Å². The maximum Gasteiger partial charge on any atom is 0.0789 e. The van der Waals surface area contributed by atoms with Crippen molar-refractivity contribution in [2.75, 3.05) is 0 Å². The van der Waals surface area contributed by atoms with E-state index in [9.17, 15) is 0 Å². The van der Waals surface area contributed by atoms with E-state index < -0.39 is 0 Å². The molecular weight excluding hydrogens is 334 g/mol. The lowest BCUT2D eigenvalue weighted by Crippen LogP contribution is -2.01. The number of rotatable bonds is 1. The van der Waals surface area contributed by atoms with E-state index in [0.29, 0.717) is 0 Å². The van der Waals surface area contributed by atoms with Crippen LogP contribution in [-0.4, -0.2) is 5.71 Å². The molecule has 0 aliphatic carbocycles. The molecule has 0 amide bonds. The summed E-state index contributed by atoms with van der Waals surface area (Å²) in [6.45, 7) is 6.41. The summed E-state index contributed by atoms with van der Waals surface area (Å²) in [6.07, 6.45) is 0. The highest BCUT2D eigenvalue weighted by atomic mass is 79.9. The molecule has 3 aromatic carbocycles. The minimum Gasteiger partial charge on any atom is -0.247 e. The molecule has 0 saturated carbocycles.